The molecule has 1 fully saturated rings. The van der Waals surface area contributed by atoms with Crippen LogP contribution in [0.4, 0.5) is 5.69 Å². The number of ether oxygens (including phenoxy) is 1. The van der Waals surface area contributed by atoms with Crippen LogP contribution in [0, 0.1) is 0 Å². The smallest absolute Gasteiger partial charge is 0.222 e. The predicted molar refractivity (Wildman–Crippen MR) is 126 cm³/mol. The van der Waals surface area contributed by atoms with Gasteiger partial charge in [0, 0.05) is 57.4 Å². The summed E-state index contributed by atoms with van der Waals surface area (Å²) in [5.41, 5.74) is 4.04. The van der Waals surface area contributed by atoms with Crippen LogP contribution in [0.15, 0.2) is 48.5 Å². The van der Waals surface area contributed by atoms with E-state index in [1.807, 2.05) is 13.0 Å². The van der Waals surface area contributed by atoms with Crippen molar-refractivity contribution in [3.8, 4) is 5.75 Å². The summed E-state index contributed by atoms with van der Waals surface area (Å²) in [6.45, 7) is 7.96. The molecule has 2 aromatic rings. The Morgan fingerprint density at radius 2 is 1.84 bits per heavy atom. The number of rotatable bonds is 7. The lowest BCUT2D eigenvalue weighted by molar-refractivity contribution is -0.133. The molecule has 166 valence electrons. The number of benzene rings is 2. The van der Waals surface area contributed by atoms with Gasteiger partial charge in [-0.1, -0.05) is 31.2 Å². The van der Waals surface area contributed by atoms with Gasteiger partial charge in [0.05, 0.1) is 7.11 Å². The van der Waals surface area contributed by atoms with Crippen molar-refractivity contribution in [3.05, 3.63) is 59.7 Å². The summed E-state index contributed by atoms with van der Waals surface area (Å²) in [6.07, 6.45) is 3.58. The molecule has 31 heavy (non-hydrogen) atoms. The molecule has 5 heteroatoms. The first kappa shape index (κ1) is 21.7. The number of carbonyl (C=O) groups is 1. The van der Waals surface area contributed by atoms with Crippen LogP contribution < -0.4 is 9.64 Å². The molecule has 0 spiro atoms. The maximum absolute atomic E-state index is 12.8. The van der Waals surface area contributed by atoms with E-state index in [2.05, 4.69) is 57.2 Å². The third-order valence-corrected chi connectivity index (χ3v) is 6.83. The Hall–Kier alpha value is -2.53. The first-order valence-corrected chi connectivity index (χ1v) is 11.7. The van der Waals surface area contributed by atoms with E-state index in [-0.39, 0.29) is 5.91 Å². The van der Waals surface area contributed by atoms with Crippen LogP contribution >= 0.6 is 0 Å². The van der Waals surface area contributed by atoms with Gasteiger partial charge < -0.3 is 14.5 Å². The van der Waals surface area contributed by atoms with Crippen LogP contribution in [-0.2, 0) is 17.6 Å². The van der Waals surface area contributed by atoms with E-state index in [4.69, 9.17) is 4.74 Å². The minimum atomic E-state index is 0.282. The Balaban J connectivity index is 1.33. The highest BCUT2D eigenvalue weighted by molar-refractivity contribution is 5.76. The number of anilines is 1. The van der Waals surface area contributed by atoms with Crippen molar-refractivity contribution in [2.24, 2.45) is 0 Å². The number of methoxy groups -OCH3 is 1. The van der Waals surface area contributed by atoms with Crippen molar-refractivity contribution >= 4 is 11.6 Å². The number of piperazine rings is 1. The van der Waals surface area contributed by atoms with Gasteiger partial charge in [-0.15, -0.1) is 0 Å². The molecule has 5 nitrogen and oxygen atoms in total. The maximum Gasteiger partial charge on any atom is 0.222 e. The number of nitrogens with zero attached hydrogens (tertiary/aromatic N) is 3. The lowest BCUT2D eigenvalue weighted by Crippen LogP contribution is -2.51. The van der Waals surface area contributed by atoms with E-state index in [9.17, 15) is 4.79 Å². The Bertz CT molecular complexity index is 862. The third kappa shape index (κ3) is 5.21. The van der Waals surface area contributed by atoms with Gasteiger partial charge in [0.2, 0.25) is 5.91 Å². The van der Waals surface area contributed by atoms with Gasteiger partial charge in [0.1, 0.15) is 5.75 Å². The summed E-state index contributed by atoms with van der Waals surface area (Å²) in [5.74, 6) is 1.21. The zero-order valence-corrected chi connectivity index (χ0v) is 18.9. The standard InChI is InChI=1S/C26H35N3O2/c1-3-26(30)29(24-11-9-22-20-25(31-2)12-10-21(22)19-24)18-15-27-13-16-28(17-14-27)23-7-5-4-6-8-23/h4-8,10,12,20,24H,3,9,11,13-19H2,1-2H3. The van der Waals surface area contributed by atoms with Gasteiger partial charge in [-0.3, -0.25) is 9.69 Å². The van der Waals surface area contributed by atoms with Crippen molar-refractivity contribution in [2.75, 3.05) is 51.3 Å². The largest absolute Gasteiger partial charge is 0.497 e. The number of para-hydroxylation sites is 1. The van der Waals surface area contributed by atoms with E-state index >= 15 is 0 Å². The SMILES string of the molecule is CCC(=O)N(CCN1CCN(c2ccccc2)CC1)C1CCc2cc(OC)ccc2C1. The van der Waals surface area contributed by atoms with E-state index in [1.54, 1.807) is 7.11 Å². The first-order valence-electron chi connectivity index (χ1n) is 11.7. The van der Waals surface area contributed by atoms with Gasteiger partial charge in [-0.2, -0.15) is 0 Å². The van der Waals surface area contributed by atoms with Crippen molar-refractivity contribution in [1.29, 1.82) is 0 Å². The van der Waals surface area contributed by atoms with Crippen molar-refractivity contribution in [3.63, 3.8) is 0 Å². The molecule has 1 amide bonds. The molecule has 4 rings (SSSR count). The second-order valence-corrected chi connectivity index (χ2v) is 8.64. The average molecular weight is 422 g/mol. The molecule has 0 saturated carbocycles. The fraction of sp³-hybridized carbons (Fsp3) is 0.500. The molecule has 0 bridgehead atoms. The lowest BCUT2D eigenvalue weighted by Gasteiger charge is -2.39. The second kappa shape index (κ2) is 10.2. The fourth-order valence-corrected chi connectivity index (χ4v) is 4.94. The molecule has 1 aliphatic carbocycles. The van der Waals surface area contributed by atoms with Crippen molar-refractivity contribution in [2.45, 2.75) is 38.6 Å². The van der Waals surface area contributed by atoms with Crippen LogP contribution in [0.1, 0.15) is 30.9 Å². The second-order valence-electron chi connectivity index (χ2n) is 8.64. The molecule has 2 aromatic carbocycles. The highest BCUT2D eigenvalue weighted by Crippen LogP contribution is 2.28. The van der Waals surface area contributed by atoms with E-state index in [1.165, 1.54) is 16.8 Å². The van der Waals surface area contributed by atoms with E-state index < -0.39 is 0 Å². The van der Waals surface area contributed by atoms with Gasteiger partial charge >= 0.3 is 0 Å². The number of amides is 1. The zero-order chi connectivity index (χ0) is 21.6. The summed E-state index contributed by atoms with van der Waals surface area (Å²) >= 11 is 0. The summed E-state index contributed by atoms with van der Waals surface area (Å²) in [7, 11) is 1.72. The van der Waals surface area contributed by atoms with Crippen LogP contribution in [0.25, 0.3) is 0 Å². The van der Waals surface area contributed by atoms with Crippen LogP contribution in [0.3, 0.4) is 0 Å². The third-order valence-electron chi connectivity index (χ3n) is 6.83. The normalized spacial score (nSPS) is 19.0. The van der Waals surface area contributed by atoms with Gasteiger partial charge in [0.25, 0.3) is 0 Å². The molecular formula is C26H35N3O2. The summed E-state index contributed by atoms with van der Waals surface area (Å²) in [5, 5.41) is 0. The molecule has 1 unspecified atom stereocenters. The lowest BCUT2D eigenvalue weighted by atomic mass is 9.87. The Kier molecular flexibility index (Phi) is 7.13. The summed E-state index contributed by atoms with van der Waals surface area (Å²) in [4.78, 5) is 19.9. The predicted octanol–water partition coefficient (Wildman–Crippen LogP) is 3.61. The van der Waals surface area contributed by atoms with Gasteiger partial charge in [-0.05, 0) is 54.7 Å². The first-order chi connectivity index (χ1) is 15.2. The zero-order valence-electron chi connectivity index (χ0n) is 18.9. The molecule has 1 heterocycles. The highest BCUT2D eigenvalue weighted by atomic mass is 16.5. The quantitative estimate of drug-likeness (QED) is 0.684. The van der Waals surface area contributed by atoms with Crippen LogP contribution in [-0.4, -0.2) is 68.1 Å². The number of aryl methyl sites for hydroxylation is 1. The van der Waals surface area contributed by atoms with Crippen LogP contribution in [0.5, 0.6) is 5.75 Å². The molecule has 1 saturated heterocycles. The molecular weight excluding hydrogens is 386 g/mol. The van der Waals surface area contributed by atoms with Crippen molar-refractivity contribution < 1.29 is 9.53 Å². The molecule has 1 aliphatic heterocycles. The van der Waals surface area contributed by atoms with E-state index in [0.717, 1.165) is 64.3 Å². The monoisotopic (exact) mass is 421 g/mol. The minimum absolute atomic E-state index is 0.282. The van der Waals surface area contributed by atoms with E-state index in [0.29, 0.717) is 12.5 Å². The number of fused-ring (bicyclic) bond motifs is 1. The maximum atomic E-state index is 12.8. The van der Waals surface area contributed by atoms with Crippen molar-refractivity contribution in [1.82, 2.24) is 9.80 Å². The Labute approximate surface area is 186 Å². The number of hydrogen-bond acceptors (Lipinski definition) is 4. The molecule has 0 aromatic heterocycles. The molecule has 1 atom stereocenters. The molecule has 0 radical (unpaired) electrons. The molecule has 0 N–H and O–H groups in total. The molecule has 2 aliphatic rings. The van der Waals surface area contributed by atoms with Crippen LogP contribution in [0.2, 0.25) is 0 Å². The fourth-order valence-electron chi connectivity index (χ4n) is 4.94. The Morgan fingerprint density at radius 1 is 1.06 bits per heavy atom. The number of hydrogen-bond donors (Lipinski definition) is 0. The Morgan fingerprint density at radius 3 is 2.55 bits per heavy atom. The summed E-state index contributed by atoms with van der Waals surface area (Å²) in [6, 6.07) is 17.3. The minimum Gasteiger partial charge on any atom is -0.497 e. The highest BCUT2D eigenvalue weighted by Gasteiger charge is 2.28. The number of carbonyl (C=O) groups excluding carboxylic acids is 1. The summed E-state index contributed by atoms with van der Waals surface area (Å²) < 4.78 is 5.38. The van der Waals surface area contributed by atoms with Gasteiger partial charge in [0.15, 0.2) is 0 Å². The average Bonchev–Trinajstić information content (AvgIpc) is 2.84. The van der Waals surface area contributed by atoms with Gasteiger partial charge in [-0.25, -0.2) is 0 Å². The topological polar surface area (TPSA) is 36.0 Å².